The third-order valence-electron chi connectivity index (χ3n) is 1.20. The second-order valence-electron chi connectivity index (χ2n) is 2.55. The first-order chi connectivity index (χ1) is 5.87. The predicted octanol–water partition coefficient (Wildman–Crippen LogP) is -0.340. The van der Waals surface area contributed by atoms with Crippen LogP contribution >= 0.6 is 0 Å². The van der Waals surface area contributed by atoms with Crippen LogP contribution in [0.1, 0.15) is 11.4 Å². The third-order valence-corrected chi connectivity index (χ3v) is 1.64. The summed E-state index contributed by atoms with van der Waals surface area (Å²) in [6, 6.07) is 1.69. The van der Waals surface area contributed by atoms with Crippen molar-refractivity contribution in [2.75, 3.05) is 4.72 Å². The van der Waals surface area contributed by atoms with Crippen molar-refractivity contribution in [2.45, 2.75) is 13.8 Å². The van der Waals surface area contributed by atoms with E-state index < -0.39 is 10.3 Å². The normalized spacial score (nSPS) is 10.5. The monoisotopic (exact) mass is 227 g/mol. The molecule has 0 fully saturated rings. The fourth-order valence-corrected chi connectivity index (χ4v) is 1.21. The number of nitrogens with one attached hydrogen (secondary N) is 1. The van der Waals surface area contributed by atoms with Crippen LogP contribution in [0.2, 0.25) is 0 Å². The number of hydrogen-bond donors (Lipinski definition) is 2. The van der Waals surface area contributed by atoms with Crippen molar-refractivity contribution in [2.24, 2.45) is 0 Å². The molecule has 14 heavy (non-hydrogen) atoms. The fourth-order valence-electron chi connectivity index (χ4n) is 0.887. The maximum absolute atomic E-state index is 10.4. The predicted molar refractivity (Wildman–Crippen MR) is 53.8 cm³/mol. The van der Waals surface area contributed by atoms with E-state index in [-0.39, 0.29) is 35.5 Å². The van der Waals surface area contributed by atoms with Crippen molar-refractivity contribution in [1.82, 2.24) is 9.97 Å². The number of aromatic nitrogens is 2. The van der Waals surface area contributed by atoms with Gasteiger partial charge in [-0.05, 0) is 19.9 Å². The van der Waals surface area contributed by atoms with Crippen molar-refractivity contribution < 1.29 is 13.0 Å². The molecule has 1 rings (SSSR count). The van der Waals surface area contributed by atoms with Crippen LogP contribution in [0.25, 0.3) is 0 Å². The van der Waals surface area contributed by atoms with E-state index in [2.05, 4.69) is 9.97 Å². The summed E-state index contributed by atoms with van der Waals surface area (Å²) in [5.74, 6) is -0.125. The molecule has 0 radical (unpaired) electrons. The van der Waals surface area contributed by atoms with Crippen molar-refractivity contribution in [3.8, 4) is 0 Å². The number of anilines is 1. The van der Waals surface area contributed by atoms with E-state index in [1.54, 1.807) is 24.6 Å². The summed E-state index contributed by atoms with van der Waals surface area (Å²) in [5, 5.41) is 0. The van der Waals surface area contributed by atoms with Gasteiger partial charge in [0.2, 0.25) is 5.95 Å². The molecule has 0 saturated heterocycles. The molecule has 0 bridgehead atoms. The van der Waals surface area contributed by atoms with Crippen LogP contribution < -0.4 is 4.72 Å². The molecule has 8 heteroatoms. The Bertz CT molecular complexity index is 400. The zero-order chi connectivity index (χ0) is 10.1. The Morgan fingerprint density at radius 1 is 1.29 bits per heavy atom. The average Bonchev–Trinajstić information content (AvgIpc) is 1.78. The topological polar surface area (TPSA) is 92.2 Å². The first-order valence-electron chi connectivity index (χ1n) is 3.44. The Labute approximate surface area is 104 Å². The standard InChI is InChI=1S/C6H9N3O3S.Na.H/c1-4-3-5(2)8-6(7-4)9-13(10,11)12;;/h3H,1-2H3,(H,7,8,9)(H,10,11,12);;. The van der Waals surface area contributed by atoms with E-state index in [0.29, 0.717) is 11.4 Å². The molecule has 0 spiro atoms. The van der Waals surface area contributed by atoms with Crippen molar-refractivity contribution in [3.05, 3.63) is 17.5 Å². The summed E-state index contributed by atoms with van der Waals surface area (Å²) < 4.78 is 31.0. The minimum absolute atomic E-state index is 0. The molecule has 0 aliphatic heterocycles. The molecule has 74 valence electrons. The molecule has 0 saturated carbocycles. The number of nitrogens with zero attached hydrogens (tertiary/aromatic N) is 2. The van der Waals surface area contributed by atoms with Gasteiger partial charge in [0.1, 0.15) is 0 Å². The first-order valence-corrected chi connectivity index (χ1v) is 4.88. The van der Waals surface area contributed by atoms with Gasteiger partial charge < -0.3 is 0 Å². The molecule has 2 N–H and O–H groups in total. The first kappa shape index (κ1) is 13.8. The summed E-state index contributed by atoms with van der Waals surface area (Å²) in [5.41, 5.74) is 1.25. The second kappa shape index (κ2) is 5.04. The summed E-state index contributed by atoms with van der Waals surface area (Å²) in [7, 11) is -4.29. The summed E-state index contributed by atoms with van der Waals surface area (Å²) in [6.45, 7) is 3.40. The minimum atomic E-state index is -4.29. The van der Waals surface area contributed by atoms with Gasteiger partial charge in [-0.1, -0.05) is 0 Å². The zero-order valence-electron chi connectivity index (χ0n) is 7.14. The molecule has 0 aliphatic rings. The van der Waals surface area contributed by atoms with Gasteiger partial charge in [0.05, 0.1) is 0 Å². The van der Waals surface area contributed by atoms with E-state index in [1.165, 1.54) is 0 Å². The van der Waals surface area contributed by atoms with Gasteiger partial charge in [-0.3, -0.25) is 4.55 Å². The summed E-state index contributed by atoms with van der Waals surface area (Å²) >= 11 is 0. The Kier molecular flexibility index (Phi) is 4.96. The zero-order valence-corrected chi connectivity index (χ0v) is 7.96. The molecule has 6 nitrogen and oxygen atoms in total. The van der Waals surface area contributed by atoms with Crippen LogP contribution in [0.3, 0.4) is 0 Å². The van der Waals surface area contributed by atoms with Crippen LogP contribution in [-0.4, -0.2) is 52.5 Å². The Morgan fingerprint density at radius 3 is 2.07 bits per heavy atom. The Morgan fingerprint density at radius 2 is 1.71 bits per heavy atom. The van der Waals surface area contributed by atoms with Crippen LogP contribution in [0.15, 0.2) is 6.07 Å². The van der Waals surface area contributed by atoms with Gasteiger partial charge in [-0.15, -0.1) is 0 Å². The third kappa shape index (κ3) is 4.87. The molecular weight excluding hydrogens is 217 g/mol. The van der Waals surface area contributed by atoms with Crippen molar-refractivity contribution in [1.29, 1.82) is 0 Å². The molecule has 0 aromatic carbocycles. The number of aryl methyl sites for hydroxylation is 2. The van der Waals surface area contributed by atoms with Gasteiger partial charge in [0.25, 0.3) is 0 Å². The molecule has 0 atom stereocenters. The van der Waals surface area contributed by atoms with Gasteiger partial charge in [-0.25, -0.2) is 14.7 Å². The SMILES string of the molecule is Cc1cc(C)nc(NS(=O)(=O)O)n1.[NaH]. The van der Waals surface area contributed by atoms with Gasteiger partial charge in [0, 0.05) is 11.4 Å². The van der Waals surface area contributed by atoms with Crippen molar-refractivity contribution >= 4 is 45.8 Å². The number of rotatable bonds is 2. The second-order valence-corrected chi connectivity index (χ2v) is 3.71. The molecular formula is C6H10N3NaO3S. The Hall–Kier alpha value is -0.210. The van der Waals surface area contributed by atoms with Crippen molar-refractivity contribution in [3.63, 3.8) is 0 Å². The van der Waals surface area contributed by atoms with Crippen LogP contribution in [0.4, 0.5) is 5.95 Å². The van der Waals surface area contributed by atoms with Gasteiger partial charge in [0.15, 0.2) is 0 Å². The number of hydrogen-bond acceptors (Lipinski definition) is 4. The molecule has 1 heterocycles. The molecule has 0 unspecified atom stereocenters. The van der Waals surface area contributed by atoms with Crippen LogP contribution in [0.5, 0.6) is 0 Å². The van der Waals surface area contributed by atoms with E-state index >= 15 is 0 Å². The summed E-state index contributed by atoms with van der Waals surface area (Å²) in [6.07, 6.45) is 0. The quantitative estimate of drug-likeness (QED) is 0.532. The van der Waals surface area contributed by atoms with Gasteiger partial charge >= 0.3 is 39.9 Å². The average molecular weight is 227 g/mol. The van der Waals surface area contributed by atoms with E-state index in [0.717, 1.165) is 0 Å². The molecule has 0 amide bonds. The maximum atomic E-state index is 10.4. The fraction of sp³-hybridized carbons (Fsp3) is 0.333. The van der Waals surface area contributed by atoms with E-state index in [9.17, 15) is 8.42 Å². The molecule has 1 aromatic heterocycles. The Balaban J connectivity index is 0.00000169. The molecule has 1 aromatic rings. The van der Waals surface area contributed by atoms with Crippen LogP contribution in [0, 0.1) is 13.8 Å². The van der Waals surface area contributed by atoms with Gasteiger partial charge in [-0.2, -0.15) is 8.42 Å². The van der Waals surface area contributed by atoms with E-state index in [4.69, 9.17) is 4.55 Å². The summed E-state index contributed by atoms with van der Waals surface area (Å²) in [4.78, 5) is 7.52. The van der Waals surface area contributed by atoms with E-state index in [1.807, 2.05) is 0 Å². The molecule has 0 aliphatic carbocycles. The van der Waals surface area contributed by atoms with Crippen LogP contribution in [-0.2, 0) is 10.3 Å².